The quantitative estimate of drug-likeness (QED) is 0.207. The Morgan fingerprint density at radius 3 is 2.26 bits per heavy atom. The summed E-state index contributed by atoms with van der Waals surface area (Å²) in [5.41, 5.74) is 2.72. The molecular formula is C15H11N9Na2O. The van der Waals surface area contributed by atoms with E-state index >= 15 is 0 Å². The first-order valence-electron chi connectivity index (χ1n) is 7.34. The van der Waals surface area contributed by atoms with E-state index in [0.717, 1.165) is 16.5 Å². The van der Waals surface area contributed by atoms with E-state index in [4.69, 9.17) is 0 Å². The van der Waals surface area contributed by atoms with Gasteiger partial charge in [0, 0.05) is 16.3 Å². The molecule has 0 aliphatic rings. The fourth-order valence-corrected chi connectivity index (χ4v) is 2.76. The van der Waals surface area contributed by atoms with Crippen LogP contribution in [-0.2, 0) is 0 Å². The number of aromatic hydroxyl groups is 1. The first kappa shape index (κ1) is 19.8. The van der Waals surface area contributed by atoms with Crippen LogP contribution < -0.4 is 59.1 Å². The van der Waals surface area contributed by atoms with Gasteiger partial charge in [0.05, 0.1) is 16.6 Å². The van der Waals surface area contributed by atoms with Crippen molar-refractivity contribution in [3.63, 3.8) is 0 Å². The molecule has 0 fully saturated rings. The summed E-state index contributed by atoms with van der Waals surface area (Å²) in [5.74, 6) is 0.890. The van der Waals surface area contributed by atoms with Crippen LogP contribution in [0.2, 0.25) is 0 Å². The van der Waals surface area contributed by atoms with E-state index in [1.54, 1.807) is 12.1 Å². The minimum Gasteiger partial charge on any atom is -1.00 e. The Morgan fingerprint density at radius 1 is 0.815 bits per heavy atom. The molecule has 27 heavy (non-hydrogen) atoms. The summed E-state index contributed by atoms with van der Waals surface area (Å²) in [7, 11) is 0. The van der Waals surface area contributed by atoms with Gasteiger partial charge in [-0.3, -0.25) is 0 Å². The van der Waals surface area contributed by atoms with Crippen LogP contribution in [0, 0.1) is 0 Å². The average molecular weight is 379 g/mol. The summed E-state index contributed by atoms with van der Waals surface area (Å²) in [6, 6.07) is 11.0. The van der Waals surface area contributed by atoms with Crippen LogP contribution in [0.1, 0.15) is 2.85 Å². The Balaban J connectivity index is 0.00000105. The Kier molecular flexibility index (Phi) is 5.84. The van der Waals surface area contributed by atoms with Crippen LogP contribution in [0.25, 0.3) is 44.6 Å². The molecule has 0 amide bonds. The Bertz CT molecular complexity index is 1220. The van der Waals surface area contributed by atoms with Crippen LogP contribution in [-0.4, -0.2) is 51.3 Å². The molecule has 124 valence electrons. The van der Waals surface area contributed by atoms with Crippen LogP contribution in [0.4, 0.5) is 0 Å². The molecule has 0 saturated heterocycles. The largest absolute Gasteiger partial charge is 1.00 e. The van der Waals surface area contributed by atoms with Crippen LogP contribution in [0.5, 0.6) is 5.75 Å². The number of nitrogens with one attached hydrogen (secondary N) is 2. The third kappa shape index (κ3) is 3.47. The van der Waals surface area contributed by atoms with E-state index in [1.807, 2.05) is 24.3 Å². The van der Waals surface area contributed by atoms with E-state index < -0.39 is 0 Å². The monoisotopic (exact) mass is 379 g/mol. The van der Waals surface area contributed by atoms with Gasteiger partial charge in [0.1, 0.15) is 5.75 Å². The third-order valence-electron chi connectivity index (χ3n) is 3.96. The number of phenolic OH excluding ortho intramolecular Hbond substituents is 1. The van der Waals surface area contributed by atoms with Gasteiger partial charge in [-0.15, -0.1) is 20.4 Å². The molecule has 0 bridgehead atoms. The van der Waals surface area contributed by atoms with Crippen LogP contribution in [0.15, 0.2) is 36.4 Å². The molecule has 2 aromatic carbocycles. The number of rotatable bonds is 2. The van der Waals surface area contributed by atoms with Crippen LogP contribution >= 0.6 is 0 Å². The molecule has 10 nitrogen and oxygen atoms in total. The predicted octanol–water partition coefficient (Wildman–Crippen LogP) is -4.31. The molecule has 12 heteroatoms. The molecule has 0 spiro atoms. The van der Waals surface area contributed by atoms with Gasteiger partial charge >= 0.3 is 59.1 Å². The van der Waals surface area contributed by atoms with E-state index in [-0.39, 0.29) is 67.7 Å². The number of pyridine rings is 1. The summed E-state index contributed by atoms with van der Waals surface area (Å²) in [5, 5.41) is 39.7. The standard InChI is InChI=1S/C15H9N9O.2Na.2H/c25-13-9(15-19-23-24-20-15)3-4-11-10(13)5-7-1-2-8(6-12(7)16-11)14-17-21-22-18-14;;;;/h1-6,25H,(H,17,18,21,22)(H,19,20,23,24);;;;/q;2*+1;2*-1. The second-order valence-electron chi connectivity index (χ2n) is 5.40. The van der Waals surface area contributed by atoms with Crippen molar-refractivity contribution < 1.29 is 67.1 Å². The fourth-order valence-electron chi connectivity index (χ4n) is 2.76. The van der Waals surface area contributed by atoms with Gasteiger partial charge in [0.15, 0.2) is 0 Å². The second kappa shape index (κ2) is 7.97. The maximum Gasteiger partial charge on any atom is 1.00 e. The molecule has 3 heterocycles. The molecule has 0 atom stereocenters. The van der Waals surface area contributed by atoms with Gasteiger partial charge < -0.3 is 7.96 Å². The average Bonchev–Trinajstić information content (AvgIpc) is 3.34. The minimum atomic E-state index is 0. The zero-order valence-corrected chi connectivity index (χ0v) is 18.5. The predicted molar refractivity (Wildman–Crippen MR) is 89.5 cm³/mol. The third-order valence-corrected chi connectivity index (χ3v) is 3.96. The molecule has 0 radical (unpaired) electrons. The van der Waals surface area contributed by atoms with Crippen molar-refractivity contribution in [3.05, 3.63) is 36.4 Å². The number of H-pyrrole nitrogens is 2. The van der Waals surface area contributed by atoms with E-state index in [0.29, 0.717) is 28.1 Å². The summed E-state index contributed by atoms with van der Waals surface area (Å²) < 4.78 is 0. The van der Waals surface area contributed by atoms with Gasteiger partial charge in [-0.05, 0) is 34.7 Å². The number of benzene rings is 2. The maximum atomic E-state index is 10.6. The smallest absolute Gasteiger partial charge is 1.00 e. The number of phenols is 1. The fraction of sp³-hybridized carbons (Fsp3) is 0. The maximum absolute atomic E-state index is 10.6. The Morgan fingerprint density at radius 2 is 1.56 bits per heavy atom. The molecule has 0 unspecified atom stereocenters. The number of nitrogens with zero attached hydrogens (tertiary/aromatic N) is 7. The van der Waals surface area contributed by atoms with E-state index in [9.17, 15) is 5.11 Å². The van der Waals surface area contributed by atoms with Crippen LogP contribution in [0.3, 0.4) is 0 Å². The van der Waals surface area contributed by atoms with Crippen molar-refractivity contribution in [1.29, 1.82) is 0 Å². The van der Waals surface area contributed by atoms with Crippen molar-refractivity contribution >= 4 is 21.8 Å². The van der Waals surface area contributed by atoms with E-state index in [2.05, 4.69) is 46.2 Å². The van der Waals surface area contributed by atoms with Gasteiger partial charge in [-0.2, -0.15) is 10.4 Å². The molecule has 5 rings (SSSR count). The molecule has 0 aliphatic heterocycles. The van der Waals surface area contributed by atoms with Gasteiger partial charge in [0.25, 0.3) is 0 Å². The van der Waals surface area contributed by atoms with Crippen molar-refractivity contribution in [2.24, 2.45) is 0 Å². The van der Waals surface area contributed by atoms with Crippen molar-refractivity contribution in [3.8, 4) is 28.5 Å². The Labute approximate surface area is 198 Å². The first-order chi connectivity index (χ1) is 12.3. The topological polar surface area (TPSA) is 142 Å². The zero-order valence-electron chi connectivity index (χ0n) is 16.5. The number of tetrazole rings is 2. The van der Waals surface area contributed by atoms with Gasteiger partial charge in [-0.25, -0.2) is 4.98 Å². The first-order valence-corrected chi connectivity index (χ1v) is 7.34. The SMILES string of the molecule is Oc1c(-c2nn[nH]n2)ccc2nc3cc(-c4nn[nH]n4)ccc3cc12.[H-].[H-].[Na+].[Na+]. The minimum absolute atomic E-state index is 0. The van der Waals surface area contributed by atoms with Crippen molar-refractivity contribution in [2.75, 3.05) is 0 Å². The summed E-state index contributed by atoms with van der Waals surface area (Å²) in [4.78, 5) is 4.62. The number of aromatic nitrogens is 9. The molecule has 3 N–H and O–H groups in total. The normalized spacial score (nSPS) is 10.5. The summed E-state index contributed by atoms with van der Waals surface area (Å²) in [6.07, 6.45) is 0. The number of fused-ring (bicyclic) bond motifs is 2. The summed E-state index contributed by atoms with van der Waals surface area (Å²) in [6.45, 7) is 0. The van der Waals surface area contributed by atoms with Crippen molar-refractivity contribution in [1.82, 2.24) is 46.2 Å². The molecule has 5 aromatic rings. The van der Waals surface area contributed by atoms with Crippen molar-refractivity contribution in [2.45, 2.75) is 0 Å². The number of hydrogen-bond acceptors (Lipinski definition) is 8. The molecule has 0 saturated carbocycles. The van der Waals surface area contributed by atoms with Gasteiger partial charge in [-0.1, -0.05) is 12.1 Å². The molecular weight excluding hydrogens is 368 g/mol. The summed E-state index contributed by atoms with van der Waals surface area (Å²) >= 11 is 0. The number of hydrogen-bond donors (Lipinski definition) is 3. The molecule has 3 aromatic heterocycles. The van der Waals surface area contributed by atoms with Gasteiger partial charge in [0.2, 0.25) is 11.6 Å². The number of aromatic amines is 2. The molecule has 0 aliphatic carbocycles. The zero-order chi connectivity index (χ0) is 16.8. The second-order valence-corrected chi connectivity index (χ2v) is 5.40. The Hall–Kier alpha value is -1.95. The van der Waals surface area contributed by atoms with E-state index in [1.165, 1.54) is 0 Å².